The third-order valence-corrected chi connectivity index (χ3v) is 8.05. The molecule has 32 heavy (non-hydrogen) atoms. The first-order valence-corrected chi connectivity index (χ1v) is 14.7. The molecule has 1 aliphatic rings. The van der Waals surface area contributed by atoms with E-state index in [1.54, 1.807) is 7.11 Å². The van der Waals surface area contributed by atoms with Crippen LogP contribution in [-0.4, -0.2) is 71.4 Å². The van der Waals surface area contributed by atoms with Crippen LogP contribution in [-0.2, 0) is 25.8 Å². The van der Waals surface area contributed by atoms with Crippen LogP contribution in [0, 0.1) is 0 Å². The average molecular weight is 663 g/mol. The van der Waals surface area contributed by atoms with Gasteiger partial charge in [0.25, 0.3) is 0 Å². The number of nitrogens with one attached hydrogen (secondary N) is 1. The summed E-state index contributed by atoms with van der Waals surface area (Å²) in [6, 6.07) is 7.73. The quantitative estimate of drug-likeness (QED) is 0.155. The number of ether oxygens (including phenoxy) is 3. The summed E-state index contributed by atoms with van der Waals surface area (Å²) in [5, 5.41) is 3.04. The molecule has 0 amide bonds. The molecule has 1 heterocycles. The van der Waals surface area contributed by atoms with Crippen molar-refractivity contribution in [2.75, 3.05) is 26.9 Å². The number of rotatable bonds is 16. The maximum atomic E-state index is 13.2. The van der Waals surface area contributed by atoms with Crippen molar-refractivity contribution in [1.82, 2.24) is 5.09 Å². The molecule has 5 atom stereocenters. The molecular weight excluding hydrogens is 626 g/mol. The minimum absolute atomic E-state index is 0.0554. The fourth-order valence-electron chi connectivity index (χ4n) is 3.18. The fourth-order valence-corrected chi connectivity index (χ4v) is 5.54. The van der Waals surface area contributed by atoms with Crippen molar-refractivity contribution in [1.29, 1.82) is 0 Å². The molecule has 1 saturated heterocycles. The summed E-state index contributed by atoms with van der Waals surface area (Å²) in [4.78, 5) is 0. The van der Waals surface area contributed by atoms with Gasteiger partial charge in [-0.25, -0.2) is 0 Å². The molecule has 10 heteroatoms. The van der Waals surface area contributed by atoms with Crippen molar-refractivity contribution in [3.8, 4) is 5.75 Å². The Morgan fingerprint density at radius 2 is 1.91 bits per heavy atom. The average Bonchev–Trinajstić information content (AvgIpc) is 3.26. The van der Waals surface area contributed by atoms with Gasteiger partial charge in [0.1, 0.15) is 5.75 Å². The fraction of sp³-hybridized carbons (Fsp3) is 0.727. The zero-order valence-corrected chi connectivity index (χ0v) is 25.0. The van der Waals surface area contributed by atoms with Gasteiger partial charge in [-0.3, -0.25) is 0 Å². The zero-order chi connectivity index (χ0) is 23.4. The van der Waals surface area contributed by atoms with Crippen LogP contribution >= 0.6 is 7.75 Å². The first kappa shape index (κ1) is 28.2. The third kappa shape index (κ3) is 10.0. The molecule has 0 saturated carbocycles. The molecule has 1 fully saturated rings. The summed E-state index contributed by atoms with van der Waals surface area (Å²) in [6.07, 6.45) is 3.47. The molecule has 8 nitrogen and oxygen atoms in total. The van der Waals surface area contributed by atoms with Crippen molar-refractivity contribution in [2.24, 2.45) is 0 Å². The number of unbranched alkanes of at least 4 members (excludes halogenated alkanes) is 1. The van der Waals surface area contributed by atoms with Gasteiger partial charge in [0.15, 0.2) is 6.29 Å². The van der Waals surface area contributed by atoms with Crippen LogP contribution in [0.4, 0.5) is 0 Å². The van der Waals surface area contributed by atoms with Gasteiger partial charge in [0, 0.05) is 5.56 Å². The minimum atomic E-state index is -3.37. The molecule has 0 radical (unpaired) electrons. The second-order valence-electron chi connectivity index (χ2n) is 8.00. The molecule has 5 unspecified atom stereocenters. The predicted octanol–water partition coefficient (Wildman–Crippen LogP) is 4.69. The van der Waals surface area contributed by atoms with Gasteiger partial charge < -0.3 is 14.2 Å². The Kier molecular flexibility index (Phi) is 13.2. The summed E-state index contributed by atoms with van der Waals surface area (Å²) >= 11 is 0.495. The molecule has 1 aliphatic heterocycles. The molecule has 1 aromatic carbocycles. The van der Waals surface area contributed by atoms with E-state index in [1.807, 2.05) is 45.0 Å². The van der Waals surface area contributed by atoms with Crippen molar-refractivity contribution in [3.63, 3.8) is 0 Å². The zero-order valence-electron chi connectivity index (χ0n) is 19.7. The molecular formula is C22H37NO7PTl. The van der Waals surface area contributed by atoms with Gasteiger partial charge in [0.2, 0.25) is 0 Å². The molecule has 2 rings (SSSR count). The van der Waals surface area contributed by atoms with Gasteiger partial charge in [-0.05, 0) is 12.1 Å². The second kappa shape index (κ2) is 15.0. The molecule has 0 spiro atoms. The summed E-state index contributed by atoms with van der Waals surface area (Å²) in [7, 11) is -1.72. The van der Waals surface area contributed by atoms with Crippen LogP contribution < -0.4 is 9.82 Å². The maximum absolute atomic E-state index is 13.2. The summed E-state index contributed by atoms with van der Waals surface area (Å²) in [6.45, 7) is 7.54. The SMILES string of the molecule is CCC(C)OP(=O)(NCCCCC1COC(c2ccc(OC)cc2)O1)OC(C)CC[O][Tl]. The van der Waals surface area contributed by atoms with E-state index in [2.05, 4.69) is 5.09 Å². The van der Waals surface area contributed by atoms with Gasteiger partial charge in [-0.15, -0.1) is 0 Å². The first-order chi connectivity index (χ1) is 15.4. The Labute approximate surface area is 208 Å². The van der Waals surface area contributed by atoms with E-state index in [-0.39, 0.29) is 24.6 Å². The summed E-state index contributed by atoms with van der Waals surface area (Å²) in [5.41, 5.74) is 0.987. The van der Waals surface area contributed by atoms with Gasteiger partial charge in [0.05, 0.1) is 13.7 Å². The van der Waals surface area contributed by atoms with Crippen LogP contribution in [0.1, 0.15) is 64.7 Å². The predicted molar refractivity (Wildman–Crippen MR) is 124 cm³/mol. The van der Waals surface area contributed by atoms with Gasteiger partial charge in [-0.2, -0.15) is 0 Å². The van der Waals surface area contributed by atoms with Gasteiger partial charge in [-0.1, -0.05) is 12.1 Å². The van der Waals surface area contributed by atoms with Crippen LogP contribution in [0.15, 0.2) is 24.3 Å². The van der Waals surface area contributed by atoms with E-state index in [0.717, 1.165) is 37.0 Å². The van der Waals surface area contributed by atoms with E-state index in [9.17, 15) is 4.57 Å². The molecule has 0 aromatic heterocycles. The number of benzene rings is 1. The van der Waals surface area contributed by atoms with Crippen molar-refractivity contribution >= 4 is 34.0 Å². The number of hydrogen-bond donors (Lipinski definition) is 1. The van der Waals surface area contributed by atoms with E-state index in [4.69, 9.17) is 25.9 Å². The van der Waals surface area contributed by atoms with Crippen molar-refractivity contribution in [3.05, 3.63) is 29.8 Å². The third-order valence-electron chi connectivity index (χ3n) is 5.25. The molecule has 0 bridgehead atoms. The standard InChI is InChI=1S/C22H37NO7P.Tl/c1-5-17(2)29-31(25,30-18(3)13-15-24)23-14-7-6-8-21-16-27-22(28-21)19-9-11-20(26-4)12-10-19;/h9-12,17-18,21-22H,5-8,13-16H2,1-4H3,(H,23,25);/q-1;+1. The number of methoxy groups -OCH3 is 1. The van der Waals surface area contributed by atoms with Crippen LogP contribution in [0.2, 0.25) is 0 Å². The molecule has 1 aromatic rings. The van der Waals surface area contributed by atoms with E-state index in [1.165, 1.54) is 0 Å². The van der Waals surface area contributed by atoms with Crippen LogP contribution in [0.3, 0.4) is 0 Å². The first-order valence-electron chi connectivity index (χ1n) is 11.3. The Morgan fingerprint density at radius 3 is 2.56 bits per heavy atom. The molecule has 1 N–H and O–H groups in total. The van der Waals surface area contributed by atoms with Crippen molar-refractivity contribution in [2.45, 2.75) is 77.5 Å². The number of hydrogen-bond acceptors (Lipinski definition) is 7. The van der Waals surface area contributed by atoms with Gasteiger partial charge >= 0.3 is 140 Å². The summed E-state index contributed by atoms with van der Waals surface area (Å²) in [5.74, 6) is 0.810. The Morgan fingerprint density at radius 1 is 1.19 bits per heavy atom. The van der Waals surface area contributed by atoms with E-state index < -0.39 is 7.75 Å². The topological polar surface area (TPSA) is 84.5 Å². The Balaban J connectivity index is 1.72. The molecule has 180 valence electrons. The van der Waals surface area contributed by atoms with E-state index in [0.29, 0.717) is 52.4 Å². The van der Waals surface area contributed by atoms with Crippen LogP contribution in [0.25, 0.3) is 0 Å². The Hall–Kier alpha value is -0.0679. The summed E-state index contributed by atoms with van der Waals surface area (Å²) < 4.78 is 47.0. The normalized spacial score (nSPS) is 22.3. The molecule has 0 aliphatic carbocycles. The van der Waals surface area contributed by atoms with Crippen molar-refractivity contribution < 1.29 is 30.5 Å². The van der Waals surface area contributed by atoms with Crippen LogP contribution in [0.5, 0.6) is 5.75 Å². The monoisotopic (exact) mass is 663 g/mol. The van der Waals surface area contributed by atoms with E-state index >= 15 is 0 Å². The Bertz CT molecular complexity index is 693. The second-order valence-corrected chi connectivity index (χ2v) is 11.0.